The van der Waals surface area contributed by atoms with E-state index in [0.29, 0.717) is 0 Å². The van der Waals surface area contributed by atoms with Crippen molar-refractivity contribution in [3.63, 3.8) is 0 Å². The Hall–Kier alpha value is -1.16. The molecule has 3 fully saturated rings. The van der Waals surface area contributed by atoms with Crippen molar-refractivity contribution in [2.75, 3.05) is 20.3 Å². The van der Waals surface area contributed by atoms with Crippen LogP contribution in [-0.4, -0.2) is 154 Å². The predicted molar refractivity (Wildman–Crippen MR) is 116 cm³/mol. The minimum Gasteiger partial charge on any atom is -0.394 e. The van der Waals surface area contributed by atoms with Crippen LogP contribution in [0.4, 0.5) is 4.53 Å². The Balaban J connectivity index is 1.80. The highest BCUT2D eigenvalue weighted by atomic mass is 19.3. The summed E-state index contributed by atoms with van der Waals surface area (Å²) in [6.45, 7) is 1.31. The topological polar surface area (TPSA) is 235 Å². The Morgan fingerprint density at radius 2 is 1.53 bits per heavy atom. The Labute approximate surface area is 216 Å². The first-order valence-corrected chi connectivity index (χ1v) is 11.9. The highest BCUT2D eigenvalue weighted by molar-refractivity contribution is 5.73. The maximum Gasteiger partial charge on any atom is 0.217 e. The molecule has 3 rings (SSSR count). The minimum absolute atomic E-state index is 0.431. The first kappa shape index (κ1) is 31.4. The van der Waals surface area contributed by atoms with Crippen LogP contribution >= 0.6 is 0 Å². The molecule has 0 unspecified atom stereocenters. The van der Waals surface area contributed by atoms with E-state index < -0.39 is 111 Å². The Morgan fingerprint density at radius 3 is 2.11 bits per heavy atom. The highest BCUT2D eigenvalue weighted by Gasteiger charge is 2.52. The van der Waals surface area contributed by atoms with Gasteiger partial charge in [0, 0.05) is 14.0 Å². The fourth-order valence-corrected chi connectivity index (χ4v) is 4.65. The molecule has 3 heterocycles. The minimum atomic E-state index is -1.77. The quantitative estimate of drug-likeness (QED) is 0.132. The van der Waals surface area contributed by atoms with Gasteiger partial charge in [-0.2, -0.15) is 4.94 Å². The van der Waals surface area contributed by atoms with E-state index in [9.17, 15) is 45.1 Å². The molecule has 0 spiro atoms. The number of hydrogen-bond donors (Lipinski definition) is 8. The molecule has 8 N–H and O–H groups in total. The van der Waals surface area contributed by atoms with Gasteiger partial charge in [0.2, 0.25) is 5.91 Å². The van der Waals surface area contributed by atoms with Gasteiger partial charge < -0.3 is 69.5 Å². The summed E-state index contributed by atoms with van der Waals surface area (Å²) in [5.74, 6) is -0.660. The zero-order valence-corrected chi connectivity index (χ0v) is 20.8. The number of ether oxygens (including phenoxy) is 6. The first-order valence-electron chi connectivity index (χ1n) is 11.9. The molecule has 3 aliphatic heterocycles. The summed E-state index contributed by atoms with van der Waals surface area (Å²) in [6, 6.07) is -1.45. The zero-order valence-electron chi connectivity index (χ0n) is 20.8. The molecule has 16 nitrogen and oxygen atoms in total. The maximum atomic E-state index is 13.1. The highest BCUT2D eigenvalue weighted by Crippen LogP contribution is 2.31. The smallest absolute Gasteiger partial charge is 0.217 e. The number of rotatable bonds is 9. The Bertz CT molecular complexity index is 768. The van der Waals surface area contributed by atoms with Crippen LogP contribution in [0.15, 0.2) is 0 Å². The summed E-state index contributed by atoms with van der Waals surface area (Å²) in [6.07, 6.45) is -20.9. The van der Waals surface area contributed by atoms with Crippen LogP contribution in [0.5, 0.6) is 0 Å². The van der Waals surface area contributed by atoms with E-state index in [4.69, 9.17) is 28.4 Å². The van der Waals surface area contributed by atoms with E-state index in [1.807, 2.05) is 0 Å². The van der Waals surface area contributed by atoms with Gasteiger partial charge in [-0.3, -0.25) is 4.79 Å². The third-order valence-corrected chi connectivity index (χ3v) is 6.76. The molecule has 0 aromatic rings. The van der Waals surface area contributed by atoms with Crippen molar-refractivity contribution in [2.45, 2.75) is 106 Å². The molecular weight excluding hydrogens is 525 g/mol. The molecule has 0 saturated carbocycles. The van der Waals surface area contributed by atoms with Crippen LogP contribution in [0.25, 0.3) is 0 Å². The number of hydrogen-bond acceptors (Lipinski definition) is 15. The number of amides is 1. The molecule has 222 valence electrons. The van der Waals surface area contributed by atoms with Gasteiger partial charge in [0.05, 0.1) is 19.3 Å². The molecule has 3 saturated heterocycles. The molecule has 0 aliphatic carbocycles. The van der Waals surface area contributed by atoms with Crippen LogP contribution in [0.2, 0.25) is 0 Å². The van der Waals surface area contributed by atoms with E-state index in [2.05, 4.69) is 10.3 Å². The fourth-order valence-electron chi connectivity index (χ4n) is 4.65. The third kappa shape index (κ3) is 6.58. The lowest BCUT2D eigenvalue weighted by Crippen LogP contribution is -2.67. The summed E-state index contributed by atoms with van der Waals surface area (Å²) < 4.78 is 46.1. The van der Waals surface area contributed by atoms with Gasteiger partial charge in [-0.1, -0.05) is 0 Å². The van der Waals surface area contributed by atoms with Crippen molar-refractivity contribution in [2.24, 2.45) is 0 Å². The van der Waals surface area contributed by atoms with Gasteiger partial charge in [0.1, 0.15) is 61.0 Å². The Kier molecular flexibility index (Phi) is 11.1. The molecule has 15 atom stereocenters. The number of halogens is 1. The number of carbonyl (C=O) groups is 1. The summed E-state index contributed by atoms with van der Waals surface area (Å²) in [4.78, 5) is 15.5. The first-order chi connectivity index (χ1) is 17.9. The number of aliphatic hydroxyl groups excluding tert-OH is 7. The van der Waals surface area contributed by atoms with E-state index in [1.165, 1.54) is 14.0 Å². The number of carbonyl (C=O) groups excluding carboxylic acids is 1. The summed E-state index contributed by atoms with van der Waals surface area (Å²) in [5, 5.41) is 73.5. The van der Waals surface area contributed by atoms with E-state index in [0.717, 1.165) is 6.92 Å². The second-order valence-corrected chi connectivity index (χ2v) is 9.37. The standard InChI is InChI=1S/C21H36FNO15/c1-6-11(26)13(28)18(21(34-6)33-5-9-16(32-3)14(29)15(30)19(31)35-9)37-20-10(23-7(2)25)12(27)17(38-22)8(4-24)36-20/h6,8-21,24,26-31H,4-5H2,1-3H3,(H,23,25)/t6-,8-,9-,10-,11-,12-,13+,14-,15-,16-,17-,18+,19-,20+,21+/m1/s1. The molecule has 1 amide bonds. The lowest BCUT2D eigenvalue weighted by atomic mass is 9.96. The van der Waals surface area contributed by atoms with Crippen molar-refractivity contribution < 1.29 is 78.4 Å². The average molecular weight is 562 g/mol. The molecule has 0 bridgehead atoms. The molecule has 38 heavy (non-hydrogen) atoms. The number of aliphatic hydroxyl groups is 7. The van der Waals surface area contributed by atoms with E-state index in [1.54, 1.807) is 0 Å². The fraction of sp³-hybridized carbons (Fsp3) is 0.952. The third-order valence-electron chi connectivity index (χ3n) is 6.76. The molecule has 0 aromatic carbocycles. The number of methoxy groups -OCH3 is 1. The van der Waals surface area contributed by atoms with Crippen molar-refractivity contribution in [1.29, 1.82) is 0 Å². The second-order valence-electron chi connectivity index (χ2n) is 9.37. The van der Waals surface area contributed by atoms with Gasteiger partial charge >= 0.3 is 0 Å². The number of nitrogens with one attached hydrogen (secondary N) is 1. The lowest BCUT2D eigenvalue weighted by Gasteiger charge is -2.47. The van der Waals surface area contributed by atoms with Crippen LogP contribution < -0.4 is 5.32 Å². The lowest BCUT2D eigenvalue weighted by molar-refractivity contribution is -0.369. The molecular formula is C21H36FNO15. The largest absolute Gasteiger partial charge is 0.394 e. The molecule has 0 aromatic heterocycles. The van der Waals surface area contributed by atoms with Gasteiger partial charge in [-0.15, -0.1) is 0 Å². The summed E-state index contributed by atoms with van der Waals surface area (Å²) in [5.41, 5.74) is 0. The van der Waals surface area contributed by atoms with Crippen LogP contribution in [0, 0.1) is 0 Å². The average Bonchev–Trinajstić information content (AvgIpc) is 2.88. The Morgan fingerprint density at radius 1 is 0.868 bits per heavy atom. The van der Waals surface area contributed by atoms with Crippen LogP contribution in [0.1, 0.15) is 13.8 Å². The predicted octanol–water partition coefficient (Wildman–Crippen LogP) is -4.84. The molecule has 0 radical (unpaired) electrons. The van der Waals surface area contributed by atoms with Gasteiger partial charge in [0.15, 0.2) is 25.0 Å². The maximum absolute atomic E-state index is 13.1. The van der Waals surface area contributed by atoms with Gasteiger partial charge in [0.25, 0.3) is 0 Å². The van der Waals surface area contributed by atoms with Crippen LogP contribution in [0.3, 0.4) is 0 Å². The summed E-state index contributed by atoms with van der Waals surface area (Å²) >= 11 is 0. The monoisotopic (exact) mass is 561 g/mol. The second kappa shape index (κ2) is 13.5. The van der Waals surface area contributed by atoms with Crippen molar-refractivity contribution in [3.05, 3.63) is 0 Å². The van der Waals surface area contributed by atoms with E-state index in [-0.39, 0.29) is 0 Å². The normalized spacial score (nSPS) is 48.0. The van der Waals surface area contributed by atoms with Gasteiger partial charge in [-0.05, 0) is 11.4 Å². The van der Waals surface area contributed by atoms with Crippen molar-refractivity contribution >= 4 is 5.91 Å². The molecule has 17 heteroatoms. The van der Waals surface area contributed by atoms with Crippen molar-refractivity contribution in [3.8, 4) is 0 Å². The zero-order chi connectivity index (χ0) is 28.3. The summed E-state index contributed by atoms with van der Waals surface area (Å²) in [7, 11) is 1.24. The molecule has 3 aliphatic rings. The van der Waals surface area contributed by atoms with Crippen molar-refractivity contribution in [1.82, 2.24) is 5.32 Å². The van der Waals surface area contributed by atoms with E-state index >= 15 is 0 Å². The SMILES string of the molecule is CO[C@H]1[C@H](O)[C@@H](O)[C@H](O)O[C@@H]1CO[C@H]1O[C@H](C)[C@@H](O)[C@H](O)[C@@H]1O[C@@H]1O[C@H](CO)[C@@H](OF)[C@H](O)[C@H]1NC(C)=O. The van der Waals surface area contributed by atoms with Crippen LogP contribution in [-0.2, 0) is 38.2 Å². The van der Waals surface area contributed by atoms with Gasteiger partial charge in [-0.25, -0.2) is 0 Å².